The first-order chi connectivity index (χ1) is 6.98. The van der Waals surface area contributed by atoms with Crippen LogP contribution in [0.25, 0.3) is 0 Å². The van der Waals surface area contributed by atoms with E-state index in [0.717, 1.165) is 6.54 Å². The van der Waals surface area contributed by atoms with E-state index in [1.165, 1.54) is 24.0 Å². The molecule has 2 rings (SSSR count). The molecule has 0 amide bonds. The van der Waals surface area contributed by atoms with Gasteiger partial charge in [-0.2, -0.15) is 0 Å². The maximum Gasteiger partial charge on any atom is 0.00762 e. The summed E-state index contributed by atoms with van der Waals surface area (Å²) >= 11 is 0. The molecule has 2 N–H and O–H groups in total. The standard InChI is InChI=1S/C14H21N.ClH/c1-13(2,3)11-4-6-12(7-5-11)14(10-15)8-9-14;/h4-7H,8-10,15H2,1-3H3;1H. The topological polar surface area (TPSA) is 26.0 Å². The third-order valence-electron chi connectivity index (χ3n) is 3.61. The van der Waals surface area contributed by atoms with Crippen molar-refractivity contribution in [3.05, 3.63) is 35.4 Å². The highest BCUT2D eigenvalue weighted by Gasteiger charge is 2.42. The third kappa shape index (κ3) is 2.41. The molecule has 0 saturated heterocycles. The average Bonchev–Trinajstić information content (AvgIpc) is 2.97. The van der Waals surface area contributed by atoms with Crippen LogP contribution in [0.3, 0.4) is 0 Å². The summed E-state index contributed by atoms with van der Waals surface area (Å²) in [6, 6.07) is 9.04. The van der Waals surface area contributed by atoms with Crippen molar-refractivity contribution in [2.45, 2.75) is 44.4 Å². The van der Waals surface area contributed by atoms with Crippen LogP contribution < -0.4 is 5.73 Å². The van der Waals surface area contributed by atoms with Gasteiger partial charge in [0.1, 0.15) is 0 Å². The van der Waals surface area contributed by atoms with Crippen molar-refractivity contribution in [3.8, 4) is 0 Å². The monoisotopic (exact) mass is 239 g/mol. The Morgan fingerprint density at radius 2 is 1.62 bits per heavy atom. The van der Waals surface area contributed by atoms with Gasteiger partial charge in [0.05, 0.1) is 0 Å². The van der Waals surface area contributed by atoms with Crippen molar-refractivity contribution in [1.29, 1.82) is 0 Å². The molecule has 1 nitrogen and oxygen atoms in total. The minimum absolute atomic E-state index is 0. The Balaban J connectivity index is 0.00000128. The zero-order chi connectivity index (χ0) is 11.1. The summed E-state index contributed by atoms with van der Waals surface area (Å²) in [5.74, 6) is 0. The van der Waals surface area contributed by atoms with Gasteiger partial charge in [-0.3, -0.25) is 0 Å². The van der Waals surface area contributed by atoms with E-state index in [1.54, 1.807) is 0 Å². The number of halogens is 1. The third-order valence-corrected chi connectivity index (χ3v) is 3.61. The van der Waals surface area contributed by atoms with Gasteiger partial charge in [-0.25, -0.2) is 0 Å². The maximum absolute atomic E-state index is 5.82. The molecule has 0 unspecified atom stereocenters. The van der Waals surface area contributed by atoms with E-state index in [0.29, 0.717) is 5.41 Å². The maximum atomic E-state index is 5.82. The molecule has 1 aromatic rings. The van der Waals surface area contributed by atoms with Gasteiger partial charge in [-0.15, -0.1) is 12.4 Å². The molecule has 1 fully saturated rings. The van der Waals surface area contributed by atoms with E-state index in [9.17, 15) is 0 Å². The largest absolute Gasteiger partial charge is 0.330 e. The minimum Gasteiger partial charge on any atom is -0.330 e. The molecule has 0 atom stereocenters. The van der Waals surface area contributed by atoms with Crippen molar-refractivity contribution in [1.82, 2.24) is 0 Å². The van der Waals surface area contributed by atoms with Crippen LogP contribution in [0.4, 0.5) is 0 Å². The highest BCUT2D eigenvalue weighted by molar-refractivity contribution is 5.85. The second kappa shape index (κ2) is 4.38. The zero-order valence-electron chi connectivity index (χ0n) is 10.4. The number of nitrogens with two attached hydrogens (primary N) is 1. The average molecular weight is 240 g/mol. The number of hydrogen-bond acceptors (Lipinski definition) is 1. The fraction of sp³-hybridized carbons (Fsp3) is 0.571. The normalized spacial score (nSPS) is 17.8. The fourth-order valence-corrected chi connectivity index (χ4v) is 2.09. The van der Waals surface area contributed by atoms with E-state index in [2.05, 4.69) is 45.0 Å². The van der Waals surface area contributed by atoms with Gasteiger partial charge in [0.2, 0.25) is 0 Å². The molecule has 0 aromatic heterocycles. The molecule has 1 aliphatic rings. The molecule has 16 heavy (non-hydrogen) atoms. The van der Waals surface area contributed by atoms with Crippen LogP contribution >= 0.6 is 12.4 Å². The summed E-state index contributed by atoms with van der Waals surface area (Å²) < 4.78 is 0. The molecule has 2 heteroatoms. The minimum atomic E-state index is 0. The van der Waals surface area contributed by atoms with E-state index in [1.807, 2.05) is 0 Å². The lowest BCUT2D eigenvalue weighted by Crippen LogP contribution is -2.20. The molecular formula is C14H22ClN. The van der Waals surface area contributed by atoms with Crippen molar-refractivity contribution in [2.24, 2.45) is 5.73 Å². The van der Waals surface area contributed by atoms with Crippen LogP contribution in [0.1, 0.15) is 44.7 Å². The number of benzene rings is 1. The summed E-state index contributed by atoms with van der Waals surface area (Å²) in [5.41, 5.74) is 9.23. The van der Waals surface area contributed by atoms with Crippen LogP contribution in [-0.4, -0.2) is 6.54 Å². The Kier molecular flexibility index (Phi) is 3.71. The molecule has 1 saturated carbocycles. The smallest absolute Gasteiger partial charge is 0.00762 e. The predicted molar refractivity (Wildman–Crippen MR) is 72.4 cm³/mol. The van der Waals surface area contributed by atoms with Crippen LogP contribution in [0.15, 0.2) is 24.3 Å². The summed E-state index contributed by atoms with van der Waals surface area (Å²) in [6.45, 7) is 7.54. The van der Waals surface area contributed by atoms with Gasteiger partial charge < -0.3 is 5.73 Å². The van der Waals surface area contributed by atoms with Gasteiger partial charge in [0.15, 0.2) is 0 Å². The van der Waals surface area contributed by atoms with Crippen LogP contribution in [-0.2, 0) is 10.8 Å². The number of hydrogen-bond donors (Lipinski definition) is 1. The Morgan fingerprint density at radius 3 is 1.94 bits per heavy atom. The quantitative estimate of drug-likeness (QED) is 0.841. The Hall–Kier alpha value is -0.530. The molecule has 0 radical (unpaired) electrons. The second-order valence-electron chi connectivity index (χ2n) is 5.81. The predicted octanol–water partition coefficient (Wildman–Crippen LogP) is 3.40. The summed E-state index contributed by atoms with van der Waals surface area (Å²) in [6.07, 6.45) is 2.52. The summed E-state index contributed by atoms with van der Waals surface area (Å²) in [7, 11) is 0. The SMILES string of the molecule is CC(C)(C)c1ccc(C2(CN)CC2)cc1.Cl. The summed E-state index contributed by atoms with van der Waals surface area (Å²) in [5, 5.41) is 0. The fourth-order valence-electron chi connectivity index (χ4n) is 2.09. The molecule has 0 spiro atoms. The Morgan fingerprint density at radius 1 is 1.12 bits per heavy atom. The molecule has 1 aliphatic carbocycles. The van der Waals surface area contributed by atoms with Crippen molar-refractivity contribution < 1.29 is 0 Å². The lowest BCUT2D eigenvalue weighted by molar-refractivity contribution is 0.589. The Bertz CT molecular complexity index is 344. The van der Waals surface area contributed by atoms with Crippen LogP contribution in [0, 0.1) is 0 Å². The van der Waals surface area contributed by atoms with Crippen molar-refractivity contribution >= 4 is 12.4 Å². The van der Waals surface area contributed by atoms with E-state index in [4.69, 9.17) is 5.73 Å². The van der Waals surface area contributed by atoms with Gasteiger partial charge in [-0.05, 0) is 29.4 Å². The molecule has 0 aliphatic heterocycles. The lowest BCUT2D eigenvalue weighted by Gasteiger charge is -2.20. The van der Waals surface area contributed by atoms with Gasteiger partial charge >= 0.3 is 0 Å². The van der Waals surface area contributed by atoms with Crippen molar-refractivity contribution in [2.75, 3.05) is 6.54 Å². The van der Waals surface area contributed by atoms with Crippen molar-refractivity contribution in [3.63, 3.8) is 0 Å². The molecule has 0 bridgehead atoms. The van der Waals surface area contributed by atoms with E-state index in [-0.39, 0.29) is 17.8 Å². The first kappa shape index (κ1) is 13.5. The lowest BCUT2D eigenvalue weighted by atomic mass is 9.85. The van der Waals surface area contributed by atoms with Gasteiger partial charge in [-0.1, -0.05) is 45.0 Å². The second-order valence-corrected chi connectivity index (χ2v) is 5.81. The van der Waals surface area contributed by atoms with Gasteiger partial charge in [0, 0.05) is 12.0 Å². The molecule has 1 aromatic carbocycles. The highest BCUT2D eigenvalue weighted by Crippen LogP contribution is 2.47. The molecule has 0 heterocycles. The Labute approximate surface area is 105 Å². The number of rotatable bonds is 2. The van der Waals surface area contributed by atoms with E-state index < -0.39 is 0 Å². The summed E-state index contributed by atoms with van der Waals surface area (Å²) in [4.78, 5) is 0. The molecular weight excluding hydrogens is 218 g/mol. The highest BCUT2D eigenvalue weighted by atomic mass is 35.5. The van der Waals surface area contributed by atoms with Gasteiger partial charge in [0.25, 0.3) is 0 Å². The first-order valence-electron chi connectivity index (χ1n) is 5.79. The molecule has 90 valence electrons. The van der Waals surface area contributed by atoms with E-state index >= 15 is 0 Å². The first-order valence-corrected chi connectivity index (χ1v) is 5.79. The zero-order valence-corrected chi connectivity index (χ0v) is 11.2. The van der Waals surface area contributed by atoms with Crippen LogP contribution in [0.5, 0.6) is 0 Å². The van der Waals surface area contributed by atoms with Crippen LogP contribution in [0.2, 0.25) is 0 Å².